The number of anilines is 1. The maximum atomic E-state index is 13.4. The number of carbonyl (C=O) groups excluding carboxylic acids is 1. The van der Waals surface area contributed by atoms with Crippen LogP contribution in [-0.4, -0.2) is 39.3 Å². The van der Waals surface area contributed by atoms with Crippen LogP contribution in [-0.2, 0) is 9.53 Å². The number of nitrogens with one attached hydrogen (secondary N) is 2. The van der Waals surface area contributed by atoms with Crippen LogP contribution in [0.4, 0.5) is 10.1 Å². The van der Waals surface area contributed by atoms with Crippen LogP contribution in [0.15, 0.2) is 18.2 Å². The molecular weight excluding hydrogens is 311 g/mol. The lowest BCUT2D eigenvalue weighted by Crippen LogP contribution is -2.34. The average Bonchev–Trinajstić information content (AvgIpc) is 2.50. The van der Waals surface area contributed by atoms with Gasteiger partial charge >= 0.3 is 0 Å². The minimum absolute atomic E-state index is 0. The van der Waals surface area contributed by atoms with E-state index in [4.69, 9.17) is 9.47 Å². The van der Waals surface area contributed by atoms with Crippen molar-refractivity contribution in [3.05, 3.63) is 24.0 Å². The first kappa shape index (κ1) is 18.7. The van der Waals surface area contributed by atoms with E-state index in [1.807, 2.05) is 0 Å². The molecular formula is C15H22ClFN2O3. The van der Waals surface area contributed by atoms with Crippen molar-refractivity contribution in [2.24, 2.45) is 5.92 Å². The van der Waals surface area contributed by atoms with Crippen molar-refractivity contribution in [1.82, 2.24) is 5.32 Å². The first-order chi connectivity index (χ1) is 10.2. The second kappa shape index (κ2) is 9.61. The lowest BCUT2D eigenvalue weighted by atomic mass is 9.97. The maximum absolute atomic E-state index is 13.4. The molecule has 0 spiro atoms. The first-order valence-corrected chi connectivity index (χ1v) is 7.13. The van der Waals surface area contributed by atoms with Crippen LogP contribution in [0.2, 0.25) is 0 Å². The molecule has 1 aromatic rings. The van der Waals surface area contributed by atoms with E-state index >= 15 is 0 Å². The third kappa shape index (κ3) is 5.44. The van der Waals surface area contributed by atoms with Crippen molar-refractivity contribution in [3.8, 4) is 5.75 Å². The van der Waals surface area contributed by atoms with Crippen molar-refractivity contribution >= 4 is 24.0 Å². The molecule has 1 aromatic carbocycles. The summed E-state index contributed by atoms with van der Waals surface area (Å²) in [5.41, 5.74) is 0.370. The molecule has 1 saturated heterocycles. The number of hydrogen-bond acceptors (Lipinski definition) is 4. The summed E-state index contributed by atoms with van der Waals surface area (Å²) in [4.78, 5) is 12.2. The second-order valence-corrected chi connectivity index (χ2v) is 5.00. The Labute approximate surface area is 136 Å². The van der Waals surface area contributed by atoms with Gasteiger partial charge in [-0.25, -0.2) is 4.39 Å². The molecule has 1 aliphatic heterocycles. The van der Waals surface area contributed by atoms with Crippen LogP contribution in [0.5, 0.6) is 5.75 Å². The third-order valence-corrected chi connectivity index (χ3v) is 3.45. The van der Waals surface area contributed by atoms with Crippen LogP contribution in [0.25, 0.3) is 0 Å². The molecule has 1 heterocycles. The van der Waals surface area contributed by atoms with Gasteiger partial charge in [0.2, 0.25) is 5.91 Å². The molecule has 0 saturated carbocycles. The van der Waals surface area contributed by atoms with Crippen LogP contribution >= 0.6 is 12.4 Å². The van der Waals surface area contributed by atoms with E-state index in [-0.39, 0.29) is 24.2 Å². The summed E-state index contributed by atoms with van der Waals surface area (Å²) in [5.74, 6) is -0.0783. The Hall–Kier alpha value is -1.37. The monoisotopic (exact) mass is 332 g/mol. The zero-order valence-corrected chi connectivity index (χ0v) is 13.4. The molecule has 0 atom stereocenters. The van der Waals surface area contributed by atoms with Crippen molar-refractivity contribution in [2.75, 3.05) is 38.7 Å². The van der Waals surface area contributed by atoms with Gasteiger partial charge in [0.05, 0.1) is 12.3 Å². The number of hydrogen-bond donors (Lipinski definition) is 2. The Balaban J connectivity index is 0.00000242. The van der Waals surface area contributed by atoms with Gasteiger partial charge in [-0.05, 0) is 38.1 Å². The van der Waals surface area contributed by atoms with Gasteiger partial charge in [-0.1, -0.05) is 0 Å². The summed E-state index contributed by atoms with van der Waals surface area (Å²) in [6.45, 7) is 2.44. The number of amides is 1. The number of ether oxygens (including phenoxy) is 2. The summed E-state index contributed by atoms with van der Waals surface area (Å²) < 4.78 is 23.8. The van der Waals surface area contributed by atoms with Gasteiger partial charge in [0.1, 0.15) is 18.2 Å². The fourth-order valence-electron chi connectivity index (χ4n) is 2.28. The summed E-state index contributed by atoms with van der Waals surface area (Å²) >= 11 is 0. The molecule has 0 radical (unpaired) electrons. The quantitative estimate of drug-likeness (QED) is 0.784. The topological polar surface area (TPSA) is 59.6 Å². The zero-order valence-electron chi connectivity index (χ0n) is 12.6. The predicted molar refractivity (Wildman–Crippen MR) is 85.2 cm³/mol. The molecule has 1 fully saturated rings. The Bertz CT molecular complexity index is 482. The minimum Gasteiger partial charge on any atom is -0.489 e. The average molecular weight is 333 g/mol. The molecule has 22 heavy (non-hydrogen) atoms. The van der Waals surface area contributed by atoms with Gasteiger partial charge in [0.15, 0.2) is 0 Å². The lowest BCUT2D eigenvalue weighted by Gasteiger charge is -2.22. The number of rotatable bonds is 6. The number of methoxy groups -OCH3 is 1. The van der Waals surface area contributed by atoms with Crippen LogP contribution < -0.4 is 15.4 Å². The SMILES string of the molecule is COCCOc1ccc(F)cc1NC(=O)C1CCNCC1.Cl. The van der Waals surface area contributed by atoms with E-state index < -0.39 is 5.82 Å². The first-order valence-electron chi connectivity index (χ1n) is 7.13. The largest absolute Gasteiger partial charge is 0.489 e. The van der Waals surface area contributed by atoms with Crippen molar-refractivity contribution in [2.45, 2.75) is 12.8 Å². The van der Waals surface area contributed by atoms with Gasteiger partial charge in [0.25, 0.3) is 0 Å². The molecule has 7 heteroatoms. The van der Waals surface area contributed by atoms with Crippen LogP contribution in [0, 0.1) is 11.7 Å². The predicted octanol–water partition coefficient (Wildman–Crippen LogP) is 2.21. The molecule has 0 aliphatic carbocycles. The lowest BCUT2D eigenvalue weighted by molar-refractivity contribution is -0.120. The number of halogens is 2. The van der Waals surface area contributed by atoms with E-state index in [0.717, 1.165) is 25.9 Å². The summed E-state index contributed by atoms with van der Waals surface area (Å²) in [6.07, 6.45) is 1.59. The molecule has 124 valence electrons. The molecule has 2 rings (SSSR count). The number of benzene rings is 1. The molecule has 0 bridgehead atoms. The van der Waals surface area contributed by atoms with Gasteiger partial charge in [0, 0.05) is 19.1 Å². The van der Waals surface area contributed by atoms with E-state index in [0.29, 0.717) is 24.7 Å². The standard InChI is InChI=1S/C15H21FN2O3.ClH/c1-20-8-9-21-14-3-2-12(16)10-13(14)18-15(19)11-4-6-17-7-5-11;/h2-3,10-11,17H,4-9H2,1H3,(H,18,19);1H. The van der Waals surface area contributed by atoms with Crippen LogP contribution in [0.1, 0.15) is 12.8 Å². The highest BCUT2D eigenvalue weighted by Crippen LogP contribution is 2.26. The highest BCUT2D eigenvalue weighted by atomic mass is 35.5. The molecule has 1 amide bonds. The van der Waals surface area contributed by atoms with Crippen LogP contribution in [0.3, 0.4) is 0 Å². The van der Waals surface area contributed by atoms with Gasteiger partial charge in [-0.15, -0.1) is 12.4 Å². The van der Waals surface area contributed by atoms with E-state index in [2.05, 4.69) is 10.6 Å². The maximum Gasteiger partial charge on any atom is 0.227 e. The normalized spacial score (nSPS) is 15.0. The van der Waals surface area contributed by atoms with Gasteiger partial charge in [-0.2, -0.15) is 0 Å². The fraction of sp³-hybridized carbons (Fsp3) is 0.533. The van der Waals surface area contributed by atoms with E-state index in [9.17, 15) is 9.18 Å². The molecule has 2 N–H and O–H groups in total. The second-order valence-electron chi connectivity index (χ2n) is 5.00. The van der Waals surface area contributed by atoms with E-state index in [1.165, 1.54) is 18.2 Å². The fourth-order valence-corrected chi connectivity index (χ4v) is 2.28. The van der Waals surface area contributed by atoms with Crippen molar-refractivity contribution in [3.63, 3.8) is 0 Å². The summed E-state index contributed by atoms with van der Waals surface area (Å²) in [6, 6.07) is 4.10. The van der Waals surface area contributed by atoms with Gasteiger partial charge in [-0.3, -0.25) is 4.79 Å². The van der Waals surface area contributed by atoms with E-state index in [1.54, 1.807) is 7.11 Å². The van der Waals surface area contributed by atoms with Crippen molar-refractivity contribution in [1.29, 1.82) is 0 Å². The Morgan fingerprint density at radius 3 is 2.77 bits per heavy atom. The van der Waals surface area contributed by atoms with Crippen molar-refractivity contribution < 1.29 is 18.7 Å². The molecule has 1 aliphatic rings. The highest BCUT2D eigenvalue weighted by Gasteiger charge is 2.22. The Morgan fingerprint density at radius 2 is 2.09 bits per heavy atom. The summed E-state index contributed by atoms with van der Waals surface area (Å²) in [5, 5.41) is 5.99. The zero-order chi connectivity index (χ0) is 15.1. The smallest absolute Gasteiger partial charge is 0.227 e. The number of carbonyl (C=O) groups is 1. The highest BCUT2D eigenvalue weighted by molar-refractivity contribution is 5.94. The Morgan fingerprint density at radius 1 is 1.36 bits per heavy atom. The molecule has 0 aromatic heterocycles. The third-order valence-electron chi connectivity index (χ3n) is 3.45. The summed E-state index contributed by atoms with van der Waals surface area (Å²) in [7, 11) is 1.58. The Kier molecular flexibility index (Phi) is 8.16. The number of piperidine rings is 1. The van der Waals surface area contributed by atoms with Gasteiger partial charge < -0.3 is 20.1 Å². The molecule has 0 unspecified atom stereocenters. The molecule has 5 nitrogen and oxygen atoms in total. The minimum atomic E-state index is -0.408.